The van der Waals surface area contributed by atoms with Crippen LogP contribution in [0.4, 0.5) is 11.4 Å². The van der Waals surface area contributed by atoms with E-state index in [9.17, 15) is 4.79 Å². The number of benzene rings is 3. The van der Waals surface area contributed by atoms with Gasteiger partial charge >= 0.3 is 0 Å². The lowest BCUT2D eigenvalue weighted by molar-refractivity contribution is 0.0653. The molecule has 3 aliphatic rings. The largest absolute Gasteiger partial charge is 0.348 e. The van der Waals surface area contributed by atoms with Crippen LogP contribution in [0.15, 0.2) is 77.8 Å². The number of carbonyl (C=O) groups excluding carboxylic acids is 1. The Morgan fingerprint density at radius 3 is 2.41 bits per heavy atom. The minimum absolute atomic E-state index is 0.0738. The first kappa shape index (κ1) is 21.2. The zero-order valence-corrected chi connectivity index (χ0v) is 19.9. The summed E-state index contributed by atoms with van der Waals surface area (Å²) in [6.07, 6.45) is 5.56. The number of aliphatic imine (C=N–C) groups is 1. The Hall–Kier alpha value is -3.31. The molecule has 0 bridgehead atoms. The van der Waals surface area contributed by atoms with Crippen LogP contribution in [0.5, 0.6) is 0 Å². The predicted octanol–water partition coefficient (Wildman–Crippen LogP) is 6.45. The SMILES string of the molecule is CN1c2ccc(Cl)cc2C(=O)N2C1c1ccccc1C(=NC1CCCCC1)N2c1ccccc1. The van der Waals surface area contributed by atoms with Gasteiger partial charge in [0, 0.05) is 23.2 Å². The molecule has 6 heteroatoms. The van der Waals surface area contributed by atoms with E-state index in [1.54, 1.807) is 6.07 Å². The van der Waals surface area contributed by atoms with Crippen LogP contribution < -0.4 is 9.91 Å². The molecule has 0 N–H and O–H groups in total. The maximum absolute atomic E-state index is 14.1. The van der Waals surface area contributed by atoms with Gasteiger partial charge in [0.1, 0.15) is 0 Å². The van der Waals surface area contributed by atoms with Crippen molar-refractivity contribution in [2.45, 2.75) is 44.3 Å². The van der Waals surface area contributed by atoms with E-state index in [2.05, 4.69) is 23.1 Å². The second-order valence-electron chi connectivity index (χ2n) is 9.27. The number of hydrogen-bond acceptors (Lipinski definition) is 3. The summed E-state index contributed by atoms with van der Waals surface area (Å²) in [4.78, 5) is 21.6. The molecule has 34 heavy (non-hydrogen) atoms. The second kappa shape index (κ2) is 8.48. The number of halogens is 1. The highest BCUT2D eigenvalue weighted by molar-refractivity contribution is 6.31. The summed E-state index contributed by atoms with van der Waals surface area (Å²) < 4.78 is 0. The summed E-state index contributed by atoms with van der Waals surface area (Å²) in [7, 11) is 2.04. The van der Waals surface area contributed by atoms with E-state index in [0.29, 0.717) is 10.6 Å². The minimum atomic E-state index is -0.289. The molecule has 1 unspecified atom stereocenters. The number of fused-ring (bicyclic) bond motifs is 4. The van der Waals surface area contributed by atoms with Gasteiger partial charge in [0.15, 0.2) is 12.0 Å². The molecule has 1 aliphatic carbocycles. The zero-order valence-electron chi connectivity index (χ0n) is 19.2. The molecular formula is C28H27ClN4O. The van der Waals surface area contributed by atoms with Crippen molar-refractivity contribution in [1.82, 2.24) is 5.01 Å². The number of hydrazine groups is 1. The molecule has 3 aromatic carbocycles. The smallest absolute Gasteiger partial charge is 0.277 e. The van der Waals surface area contributed by atoms with Crippen molar-refractivity contribution >= 4 is 34.7 Å². The van der Waals surface area contributed by atoms with Crippen LogP contribution in [0, 0.1) is 0 Å². The highest BCUT2D eigenvalue weighted by Gasteiger charge is 2.47. The fourth-order valence-corrected chi connectivity index (χ4v) is 5.70. The molecule has 3 aromatic rings. The Bertz CT molecular complexity index is 1270. The fraction of sp³-hybridized carbons (Fsp3) is 0.286. The average molecular weight is 471 g/mol. The molecule has 2 aliphatic heterocycles. The van der Waals surface area contributed by atoms with Gasteiger partial charge in [0.05, 0.1) is 23.0 Å². The standard InChI is InChI=1S/C28H27ClN4O/c1-31-25-17-16-19(29)18-24(25)28(34)33-27(31)23-15-9-8-14-22(23)26(30-20-10-4-2-5-11-20)32(33)21-12-6-3-7-13-21/h3,6-9,12-18,20,27H,2,4-5,10-11H2,1H3. The average Bonchev–Trinajstić information content (AvgIpc) is 2.88. The molecular weight excluding hydrogens is 444 g/mol. The molecule has 0 aromatic heterocycles. The summed E-state index contributed by atoms with van der Waals surface area (Å²) >= 11 is 6.33. The molecule has 2 heterocycles. The second-order valence-corrected chi connectivity index (χ2v) is 9.71. The van der Waals surface area contributed by atoms with Gasteiger partial charge in [-0.05, 0) is 43.2 Å². The number of amidine groups is 1. The first-order valence-electron chi connectivity index (χ1n) is 12.0. The number of nitrogens with zero attached hydrogens (tertiary/aromatic N) is 4. The molecule has 0 spiro atoms. The van der Waals surface area contributed by atoms with Gasteiger partial charge < -0.3 is 4.90 Å². The van der Waals surface area contributed by atoms with Gasteiger partial charge in [0.25, 0.3) is 5.91 Å². The quantitative estimate of drug-likeness (QED) is 0.432. The lowest BCUT2D eigenvalue weighted by Crippen LogP contribution is -2.61. The van der Waals surface area contributed by atoms with E-state index in [0.717, 1.165) is 41.2 Å². The highest BCUT2D eigenvalue weighted by Crippen LogP contribution is 2.45. The van der Waals surface area contributed by atoms with Crippen LogP contribution in [-0.4, -0.2) is 29.8 Å². The van der Waals surface area contributed by atoms with Crippen molar-refractivity contribution in [2.75, 3.05) is 17.0 Å². The Labute approximate surface area is 205 Å². The monoisotopic (exact) mass is 470 g/mol. The number of anilines is 2. The molecule has 1 fully saturated rings. The van der Waals surface area contributed by atoms with E-state index in [-0.39, 0.29) is 18.1 Å². The summed E-state index contributed by atoms with van der Waals surface area (Å²) in [5, 5.41) is 4.45. The van der Waals surface area contributed by atoms with E-state index in [4.69, 9.17) is 16.6 Å². The van der Waals surface area contributed by atoms with Gasteiger partial charge in [-0.1, -0.05) is 73.3 Å². The molecule has 1 atom stereocenters. The van der Waals surface area contributed by atoms with Gasteiger partial charge in [-0.15, -0.1) is 0 Å². The van der Waals surface area contributed by atoms with E-state index in [1.165, 1.54) is 19.3 Å². The highest BCUT2D eigenvalue weighted by atomic mass is 35.5. The first-order chi connectivity index (χ1) is 16.6. The van der Waals surface area contributed by atoms with Gasteiger partial charge in [-0.25, -0.2) is 10.0 Å². The Kier molecular flexibility index (Phi) is 5.30. The summed E-state index contributed by atoms with van der Waals surface area (Å²) in [5.74, 6) is 0.771. The van der Waals surface area contributed by atoms with Gasteiger partial charge in [-0.3, -0.25) is 9.79 Å². The van der Waals surface area contributed by atoms with Crippen LogP contribution in [0.2, 0.25) is 5.02 Å². The van der Waals surface area contributed by atoms with Crippen LogP contribution >= 0.6 is 11.6 Å². The third-order valence-corrected chi connectivity index (χ3v) is 7.39. The van der Waals surface area contributed by atoms with Crippen molar-refractivity contribution in [2.24, 2.45) is 4.99 Å². The molecule has 172 valence electrons. The summed E-state index contributed by atoms with van der Waals surface area (Å²) in [5.41, 5.74) is 4.56. The topological polar surface area (TPSA) is 39.2 Å². The van der Waals surface area contributed by atoms with Gasteiger partial charge in [-0.2, -0.15) is 0 Å². The van der Waals surface area contributed by atoms with Crippen molar-refractivity contribution in [3.63, 3.8) is 0 Å². The molecule has 0 saturated heterocycles. The lowest BCUT2D eigenvalue weighted by Gasteiger charge is -2.52. The third kappa shape index (κ3) is 3.38. The van der Waals surface area contributed by atoms with Crippen LogP contribution in [0.1, 0.15) is 59.8 Å². The predicted molar refractivity (Wildman–Crippen MR) is 138 cm³/mol. The number of rotatable bonds is 2. The van der Waals surface area contributed by atoms with E-state index in [1.807, 2.05) is 65.6 Å². The number of hydrogen-bond donors (Lipinski definition) is 0. The molecule has 1 saturated carbocycles. The molecule has 1 amide bonds. The van der Waals surface area contributed by atoms with Crippen molar-refractivity contribution in [1.29, 1.82) is 0 Å². The number of para-hydroxylation sites is 1. The maximum atomic E-state index is 14.1. The van der Waals surface area contributed by atoms with Crippen LogP contribution in [0.3, 0.4) is 0 Å². The summed E-state index contributed by atoms with van der Waals surface area (Å²) in [6, 6.07) is 24.3. The van der Waals surface area contributed by atoms with Crippen molar-refractivity contribution in [3.8, 4) is 0 Å². The van der Waals surface area contributed by atoms with E-state index < -0.39 is 0 Å². The first-order valence-corrected chi connectivity index (χ1v) is 12.4. The fourth-order valence-electron chi connectivity index (χ4n) is 5.52. The maximum Gasteiger partial charge on any atom is 0.277 e. The molecule has 6 rings (SSSR count). The van der Waals surface area contributed by atoms with Crippen molar-refractivity contribution in [3.05, 3.63) is 94.5 Å². The minimum Gasteiger partial charge on any atom is -0.348 e. The van der Waals surface area contributed by atoms with Gasteiger partial charge in [0.2, 0.25) is 0 Å². The molecule has 0 radical (unpaired) electrons. The van der Waals surface area contributed by atoms with Crippen molar-refractivity contribution < 1.29 is 4.79 Å². The number of carbonyl (C=O) groups is 1. The normalized spacial score (nSPS) is 21.4. The number of amides is 1. The third-order valence-electron chi connectivity index (χ3n) is 7.15. The lowest BCUT2D eigenvalue weighted by atomic mass is 9.93. The van der Waals surface area contributed by atoms with Crippen LogP contribution in [-0.2, 0) is 0 Å². The Balaban J connectivity index is 1.60. The van der Waals surface area contributed by atoms with E-state index >= 15 is 0 Å². The van der Waals surface area contributed by atoms with Crippen LogP contribution in [0.25, 0.3) is 0 Å². The zero-order chi connectivity index (χ0) is 23.2. The summed E-state index contributed by atoms with van der Waals surface area (Å²) in [6.45, 7) is 0. The molecule has 5 nitrogen and oxygen atoms in total. The Morgan fingerprint density at radius 1 is 0.882 bits per heavy atom. The Morgan fingerprint density at radius 2 is 1.62 bits per heavy atom.